The Morgan fingerprint density at radius 3 is 2.52 bits per heavy atom. The van der Waals surface area contributed by atoms with Gasteiger partial charge in [-0.15, -0.1) is 11.3 Å². The van der Waals surface area contributed by atoms with Crippen LogP contribution in [0.4, 0.5) is 0 Å². The largest absolute Gasteiger partial charge is 0.462 e. The van der Waals surface area contributed by atoms with Crippen LogP contribution < -0.4 is 10.6 Å². The van der Waals surface area contributed by atoms with Gasteiger partial charge in [-0.2, -0.15) is 0 Å². The number of carbonyl (C=O) groups excluding carboxylic acids is 2. The molecule has 2 heterocycles. The molecule has 0 aliphatic carbocycles. The fraction of sp³-hybridized carbons (Fsp3) is 0.167. The zero-order chi connectivity index (χ0) is 17.6. The molecule has 2 amide bonds. The summed E-state index contributed by atoms with van der Waals surface area (Å²) in [7, 11) is 0. The molecule has 0 saturated carbocycles. The normalized spacial score (nSPS) is 10.4. The molecule has 7 heteroatoms. The van der Waals surface area contributed by atoms with Gasteiger partial charge in [0.15, 0.2) is 10.8 Å². The number of furan rings is 1. The van der Waals surface area contributed by atoms with E-state index in [1.165, 1.54) is 18.3 Å². The van der Waals surface area contributed by atoms with E-state index in [-0.39, 0.29) is 11.8 Å². The summed E-state index contributed by atoms with van der Waals surface area (Å²) in [6.07, 6.45) is 1.58. The van der Waals surface area contributed by atoms with Crippen molar-refractivity contribution < 1.29 is 14.0 Å². The van der Waals surface area contributed by atoms with Crippen LogP contribution in [0.5, 0.6) is 0 Å². The second-order valence-corrected chi connectivity index (χ2v) is 6.28. The Labute approximate surface area is 148 Å². The third-order valence-electron chi connectivity index (χ3n) is 3.40. The monoisotopic (exact) mass is 355 g/mol. The molecule has 0 spiro atoms. The van der Waals surface area contributed by atoms with Gasteiger partial charge in [-0.1, -0.05) is 30.3 Å². The molecule has 0 atom stereocenters. The van der Waals surface area contributed by atoms with Crippen LogP contribution in [0.3, 0.4) is 0 Å². The molecular formula is C18H17N3O3S. The van der Waals surface area contributed by atoms with E-state index in [9.17, 15) is 9.59 Å². The maximum atomic E-state index is 12.6. The number of aromatic nitrogens is 1. The second kappa shape index (κ2) is 7.76. The first kappa shape index (κ1) is 16.9. The van der Waals surface area contributed by atoms with Crippen LogP contribution in [-0.2, 0) is 4.79 Å². The highest BCUT2D eigenvalue weighted by atomic mass is 32.1. The topological polar surface area (TPSA) is 84.2 Å². The van der Waals surface area contributed by atoms with Crippen LogP contribution in [0, 0.1) is 0 Å². The maximum absolute atomic E-state index is 12.6. The highest BCUT2D eigenvalue weighted by molar-refractivity contribution is 7.17. The fourth-order valence-electron chi connectivity index (χ4n) is 2.27. The van der Waals surface area contributed by atoms with E-state index in [0.717, 1.165) is 5.56 Å². The Bertz CT molecular complexity index is 857. The molecule has 0 radical (unpaired) electrons. The van der Waals surface area contributed by atoms with Crippen molar-refractivity contribution in [2.75, 3.05) is 13.1 Å². The number of thiazole rings is 1. The SMILES string of the molecule is CC(=O)NCCNC(=O)c1sc(-c2ccco2)nc1-c1ccccc1. The summed E-state index contributed by atoms with van der Waals surface area (Å²) in [5, 5.41) is 6.10. The summed E-state index contributed by atoms with van der Waals surface area (Å²) >= 11 is 1.28. The second-order valence-electron chi connectivity index (χ2n) is 5.28. The summed E-state index contributed by atoms with van der Waals surface area (Å²) < 4.78 is 5.40. The molecule has 0 aliphatic heterocycles. The van der Waals surface area contributed by atoms with Gasteiger partial charge in [0.2, 0.25) is 5.91 Å². The summed E-state index contributed by atoms with van der Waals surface area (Å²) in [5.41, 5.74) is 1.48. The highest BCUT2D eigenvalue weighted by Crippen LogP contribution is 2.33. The first-order valence-electron chi connectivity index (χ1n) is 7.78. The maximum Gasteiger partial charge on any atom is 0.263 e. The third kappa shape index (κ3) is 4.13. The number of nitrogens with one attached hydrogen (secondary N) is 2. The molecule has 3 aromatic rings. The Morgan fingerprint density at radius 1 is 1.08 bits per heavy atom. The predicted molar refractivity (Wildman–Crippen MR) is 96.3 cm³/mol. The Kier molecular flexibility index (Phi) is 5.25. The van der Waals surface area contributed by atoms with E-state index in [0.29, 0.717) is 34.4 Å². The lowest BCUT2D eigenvalue weighted by atomic mass is 10.1. The van der Waals surface area contributed by atoms with Crippen molar-refractivity contribution in [3.63, 3.8) is 0 Å². The summed E-state index contributed by atoms with van der Waals surface area (Å²) in [6.45, 7) is 2.17. The molecule has 3 rings (SSSR count). The minimum Gasteiger partial charge on any atom is -0.462 e. The van der Waals surface area contributed by atoms with E-state index in [4.69, 9.17) is 4.42 Å². The van der Waals surface area contributed by atoms with Gasteiger partial charge in [-0.3, -0.25) is 9.59 Å². The van der Waals surface area contributed by atoms with E-state index in [2.05, 4.69) is 15.6 Å². The summed E-state index contributed by atoms with van der Waals surface area (Å²) in [5.74, 6) is 0.274. The zero-order valence-corrected chi connectivity index (χ0v) is 14.4. The van der Waals surface area contributed by atoms with Gasteiger partial charge in [-0.25, -0.2) is 4.98 Å². The predicted octanol–water partition coefficient (Wildman–Crippen LogP) is 2.94. The Morgan fingerprint density at radius 2 is 1.84 bits per heavy atom. The van der Waals surface area contributed by atoms with Crippen molar-refractivity contribution in [1.29, 1.82) is 0 Å². The van der Waals surface area contributed by atoms with Crippen LogP contribution >= 0.6 is 11.3 Å². The molecule has 1 aromatic carbocycles. The van der Waals surface area contributed by atoms with E-state index in [1.54, 1.807) is 12.3 Å². The molecule has 0 aliphatic rings. The van der Waals surface area contributed by atoms with Crippen molar-refractivity contribution in [3.8, 4) is 22.0 Å². The van der Waals surface area contributed by atoms with Gasteiger partial charge < -0.3 is 15.1 Å². The molecule has 6 nitrogen and oxygen atoms in total. The molecular weight excluding hydrogens is 338 g/mol. The third-order valence-corrected chi connectivity index (χ3v) is 4.47. The minimum absolute atomic E-state index is 0.128. The Balaban J connectivity index is 1.86. The van der Waals surface area contributed by atoms with Crippen molar-refractivity contribution >= 4 is 23.2 Å². The van der Waals surface area contributed by atoms with Gasteiger partial charge in [0, 0.05) is 25.6 Å². The molecule has 2 N–H and O–H groups in total. The minimum atomic E-state index is -0.223. The lowest BCUT2D eigenvalue weighted by Crippen LogP contribution is -2.33. The summed E-state index contributed by atoms with van der Waals surface area (Å²) in [6, 6.07) is 13.1. The van der Waals surface area contributed by atoms with Gasteiger partial charge in [0.1, 0.15) is 4.88 Å². The molecule has 128 valence electrons. The van der Waals surface area contributed by atoms with Crippen molar-refractivity contribution in [3.05, 3.63) is 53.6 Å². The molecule has 25 heavy (non-hydrogen) atoms. The molecule has 2 aromatic heterocycles. The number of hydrogen-bond donors (Lipinski definition) is 2. The van der Waals surface area contributed by atoms with Crippen LogP contribution in [0.2, 0.25) is 0 Å². The smallest absolute Gasteiger partial charge is 0.263 e. The number of rotatable bonds is 6. The van der Waals surface area contributed by atoms with Crippen LogP contribution in [-0.4, -0.2) is 29.9 Å². The molecule has 0 fully saturated rings. The first-order valence-corrected chi connectivity index (χ1v) is 8.59. The van der Waals surface area contributed by atoms with Gasteiger partial charge in [0.05, 0.1) is 12.0 Å². The number of amides is 2. The van der Waals surface area contributed by atoms with Gasteiger partial charge in [-0.05, 0) is 12.1 Å². The number of carbonyl (C=O) groups is 2. The molecule has 0 saturated heterocycles. The van der Waals surface area contributed by atoms with Crippen LogP contribution in [0.1, 0.15) is 16.6 Å². The van der Waals surface area contributed by atoms with Gasteiger partial charge >= 0.3 is 0 Å². The van der Waals surface area contributed by atoms with E-state index >= 15 is 0 Å². The lowest BCUT2D eigenvalue weighted by Gasteiger charge is -2.05. The zero-order valence-electron chi connectivity index (χ0n) is 13.6. The number of hydrogen-bond acceptors (Lipinski definition) is 5. The van der Waals surface area contributed by atoms with Crippen molar-refractivity contribution in [1.82, 2.24) is 15.6 Å². The standard InChI is InChI=1S/C18H17N3O3S/c1-12(22)19-9-10-20-17(23)16-15(13-6-3-2-4-7-13)21-18(25-16)14-8-5-11-24-14/h2-8,11H,9-10H2,1H3,(H,19,22)(H,20,23). The highest BCUT2D eigenvalue weighted by Gasteiger charge is 2.20. The molecule has 0 unspecified atom stereocenters. The van der Waals surface area contributed by atoms with Crippen LogP contribution in [0.15, 0.2) is 53.1 Å². The van der Waals surface area contributed by atoms with Crippen molar-refractivity contribution in [2.24, 2.45) is 0 Å². The average Bonchev–Trinajstić information content (AvgIpc) is 3.28. The average molecular weight is 355 g/mol. The van der Waals surface area contributed by atoms with Crippen LogP contribution in [0.25, 0.3) is 22.0 Å². The van der Waals surface area contributed by atoms with E-state index in [1.807, 2.05) is 36.4 Å². The van der Waals surface area contributed by atoms with Crippen molar-refractivity contribution in [2.45, 2.75) is 6.92 Å². The van der Waals surface area contributed by atoms with Gasteiger partial charge in [0.25, 0.3) is 5.91 Å². The number of benzene rings is 1. The fourth-order valence-corrected chi connectivity index (χ4v) is 3.24. The summed E-state index contributed by atoms with van der Waals surface area (Å²) in [4.78, 5) is 28.6. The Hall–Kier alpha value is -2.93. The quantitative estimate of drug-likeness (QED) is 0.666. The number of nitrogens with zero attached hydrogens (tertiary/aromatic N) is 1. The lowest BCUT2D eigenvalue weighted by molar-refractivity contribution is -0.118. The first-order chi connectivity index (χ1) is 12.1. The van der Waals surface area contributed by atoms with E-state index < -0.39 is 0 Å². The molecule has 0 bridgehead atoms.